The summed E-state index contributed by atoms with van der Waals surface area (Å²) in [4.78, 5) is 0. The summed E-state index contributed by atoms with van der Waals surface area (Å²) in [6.45, 7) is 2.17. The van der Waals surface area contributed by atoms with Gasteiger partial charge in [0.1, 0.15) is 11.5 Å². The first-order valence-corrected chi connectivity index (χ1v) is 5.94. The van der Waals surface area contributed by atoms with Gasteiger partial charge in [-0.2, -0.15) is 0 Å². The summed E-state index contributed by atoms with van der Waals surface area (Å²) in [5, 5.41) is 0. The number of nitrogens with one attached hydrogen (secondary N) is 1. The molecule has 0 spiro atoms. The zero-order valence-electron chi connectivity index (χ0n) is 10.8. The van der Waals surface area contributed by atoms with E-state index in [-0.39, 0.29) is 6.04 Å². The number of rotatable bonds is 7. The van der Waals surface area contributed by atoms with E-state index in [1.807, 2.05) is 18.2 Å². The van der Waals surface area contributed by atoms with Crippen molar-refractivity contribution in [2.75, 3.05) is 14.2 Å². The highest BCUT2D eigenvalue weighted by Gasteiger charge is 2.14. The van der Waals surface area contributed by atoms with Crippen LogP contribution >= 0.6 is 0 Å². The van der Waals surface area contributed by atoms with Crippen LogP contribution in [0.4, 0.5) is 0 Å². The monoisotopic (exact) mass is 238 g/mol. The van der Waals surface area contributed by atoms with E-state index in [9.17, 15) is 0 Å². The van der Waals surface area contributed by atoms with Crippen LogP contribution in [0.1, 0.15) is 37.8 Å². The second kappa shape index (κ2) is 7.14. The van der Waals surface area contributed by atoms with E-state index in [4.69, 9.17) is 15.3 Å². The lowest BCUT2D eigenvalue weighted by Crippen LogP contribution is -2.28. The van der Waals surface area contributed by atoms with Crippen LogP contribution in [0.2, 0.25) is 0 Å². The van der Waals surface area contributed by atoms with Gasteiger partial charge in [0.05, 0.1) is 14.2 Å². The molecule has 4 heteroatoms. The molecule has 0 aliphatic heterocycles. The fourth-order valence-corrected chi connectivity index (χ4v) is 1.84. The fraction of sp³-hybridized carbons (Fsp3) is 0.538. The minimum atomic E-state index is 0.121. The number of hydrazine groups is 1. The zero-order valence-corrected chi connectivity index (χ0v) is 10.8. The van der Waals surface area contributed by atoms with Crippen LogP contribution < -0.4 is 20.7 Å². The molecule has 0 bridgehead atoms. The normalized spacial score (nSPS) is 12.2. The van der Waals surface area contributed by atoms with Crippen LogP contribution in [0.15, 0.2) is 18.2 Å². The molecule has 0 aromatic heterocycles. The molecule has 0 saturated carbocycles. The maximum absolute atomic E-state index is 5.60. The highest BCUT2D eigenvalue weighted by Crippen LogP contribution is 2.31. The molecule has 0 aliphatic carbocycles. The van der Waals surface area contributed by atoms with Gasteiger partial charge < -0.3 is 9.47 Å². The van der Waals surface area contributed by atoms with Crippen molar-refractivity contribution in [3.05, 3.63) is 23.8 Å². The first kappa shape index (κ1) is 13.8. The van der Waals surface area contributed by atoms with Crippen LogP contribution in [-0.4, -0.2) is 14.2 Å². The Labute approximate surface area is 103 Å². The molecule has 1 aromatic rings. The summed E-state index contributed by atoms with van der Waals surface area (Å²) in [5.41, 5.74) is 3.92. The third-order valence-electron chi connectivity index (χ3n) is 2.86. The molecular formula is C13H22N2O2. The number of methoxy groups -OCH3 is 2. The second-order valence-electron chi connectivity index (χ2n) is 3.97. The Kier molecular flexibility index (Phi) is 5.80. The lowest BCUT2D eigenvalue weighted by atomic mass is 10.0. The zero-order chi connectivity index (χ0) is 12.7. The van der Waals surface area contributed by atoms with E-state index >= 15 is 0 Å². The van der Waals surface area contributed by atoms with E-state index in [1.54, 1.807) is 14.2 Å². The topological polar surface area (TPSA) is 56.5 Å². The summed E-state index contributed by atoms with van der Waals surface area (Å²) in [5.74, 6) is 7.20. The number of hydrogen-bond donors (Lipinski definition) is 2. The second-order valence-corrected chi connectivity index (χ2v) is 3.97. The summed E-state index contributed by atoms with van der Waals surface area (Å²) < 4.78 is 10.5. The average Bonchev–Trinajstić information content (AvgIpc) is 2.39. The Hall–Kier alpha value is -1.26. The molecule has 1 unspecified atom stereocenters. The highest BCUT2D eigenvalue weighted by atomic mass is 16.5. The summed E-state index contributed by atoms with van der Waals surface area (Å²) >= 11 is 0. The van der Waals surface area contributed by atoms with Gasteiger partial charge >= 0.3 is 0 Å². The number of hydrogen-bond acceptors (Lipinski definition) is 4. The largest absolute Gasteiger partial charge is 0.497 e. The Bertz CT molecular complexity index is 342. The Balaban J connectivity index is 2.93. The number of ether oxygens (including phenoxy) is 2. The average molecular weight is 238 g/mol. The first-order chi connectivity index (χ1) is 8.26. The van der Waals surface area contributed by atoms with Crippen LogP contribution in [0.25, 0.3) is 0 Å². The molecule has 3 N–H and O–H groups in total. The lowest BCUT2D eigenvalue weighted by Gasteiger charge is -2.19. The maximum atomic E-state index is 5.60. The summed E-state index contributed by atoms with van der Waals surface area (Å²) in [7, 11) is 3.30. The Morgan fingerprint density at radius 3 is 2.59 bits per heavy atom. The van der Waals surface area contributed by atoms with Crippen molar-refractivity contribution in [3.63, 3.8) is 0 Å². The minimum Gasteiger partial charge on any atom is -0.497 e. The van der Waals surface area contributed by atoms with E-state index in [0.29, 0.717) is 0 Å². The molecule has 0 fully saturated rings. The van der Waals surface area contributed by atoms with Crippen LogP contribution in [0.5, 0.6) is 11.5 Å². The van der Waals surface area contributed by atoms with Crippen molar-refractivity contribution in [1.29, 1.82) is 0 Å². The third kappa shape index (κ3) is 3.61. The molecule has 4 nitrogen and oxygen atoms in total. The molecule has 0 radical (unpaired) electrons. The van der Waals surface area contributed by atoms with E-state index in [1.165, 1.54) is 0 Å². The fourth-order valence-electron chi connectivity index (χ4n) is 1.84. The van der Waals surface area contributed by atoms with Crippen molar-refractivity contribution < 1.29 is 9.47 Å². The Morgan fingerprint density at radius 1 is 1.29 bits per heavy atom. The van der Waals surface area contributed by atoms with Crippen LogP contribution in [0, 0.1) is 0 Å². The molecule has 17 heavy (non-hydrogen) atoms. The highest BCUT2D eigenvalue weighted by molar-refractivity contribution is 5.42. The predicted molar refractivity (Wildman–Crippen MR) is 69.1 cm³/mol. The SMILES string of the molecule is CCCCC(NN)c1ccc(OC)cc1OC. The molecule has 0 aliphatic rings. The van der Waals surface area contributed by atoms with Crippen molar-refractivity contribution in [3.8, 4) is 11.5 Å². The van der Waals surface area contributed by atoms with Crippen molar-refractivity contribution >= 4 is 0 Å². The number of nitrogens with two attached hydrogens (primary N) is 1. The smallest absolute Gasteiger partial charge is 0.127 e. The number of unbranched alkanes of at least 4 members (excludes halogenated alkanes) is 1. The third-order valence-corrected chi connectivity index (χ3v) is 2.86. The van der Waals surface area contributed by atoms with Crippen LogP contribution in [0.3, 0.4) is 0 Å². The molecule has 0 heterocycles. The van der Waals surface area contributed by atoms with Crippen molar-refractivity contribution in [2.45, 2.75) is 32.2 Å². The molecule has 1 rings (SSSR count). The van der Waals surface area contributed by atoms with Crippen molar-refractivity contribution in [2.24, 2.45) is 5.84 Å². The van der Waals surface area contributed by atoms with Gasteiger partial charge in [-0.15, -0.1) is 0 Å². The van der Waals surface area contributed by atoms with Gasteiger partial charge in [-0.05, 0) is 12.5 Å². The predicted octanol–water partition coefficient (Wildman–Crippen LogP) is 2.40. The van der Waals surface area contributed by atoms with E-state index in [0.717, 1.165) is 36.3 Å². The van der Waals surface area contributed by atoms with Gasteiger partial charge in [0.2, 0.25) is 0 Å². The van der Waals surface area contributed by atoms with E-state index < -0.39 is 0 Å². The molecule has 0 amide bonds. The maximum Gasteiger partial charge on any atom is 0.127 e. The standard InChI is InChI=1S/C13H22N2O2/c1-4-5-6-12(15-14)11-8-7-10(16-2)9-13(11)17-3/h7-9,12,15H,4-6,14H2,1-3H3. The Morgan fingerprint density at radius 2 is 2.06 bits per heavy atom. The van der Waals surface area contributed by atoms with Gasteiger partial charge in [0.25, 0.3) is 0 Å². The first-order valence-electron chi connectivity index (χ1n) is 5.94. The quantitative estimate of drug-likeness (QED) is 0.565. The lowest BCUT2D eigenvalue weighted by molar-refractivity contribution is 0.381. The van der Waals surface area contributed by atoms with Gasteiger partial charge in [0, 0.05) is 17.7 Å². The van der Waals surface area contributed by atoms with Crippen LogP contribution in [-0.2, 0) is 0 Å². The summed E-state index contributed by atoms with van der Waals surface area (Å²) in [6, 6.07) is 5.92. The summed E-state index contributed by atoms with van der Waals surface area (Å²) in [6.07, 6.45) is 3.27. The van der Waals surface area contributed by atoms with Crippen molar-refractivity contribution in [1.82, 2.24) is 5.43 Å². The molecule has 1 atom stereocenters. The van der Waals surface area contributed by atoms with E-state index in [2.05, 4.69) is 12.3 Å². The van der Waals surface area contributed by atoms with Gasteiger partial charge in [-0.25, -0.2) is 0 Å². The minimum absolute atomic E-state index is 0.121. The molecule has 0 saturated heterocycles. The van der Waals surface area contributed by atoms with Gasteiger partial charge in [-0.1, -0.05) is 25.8 Å². The molecule has 1 aromatic carbocycles. The molecule has 96 valence electrons. The van der Waals surface area contributed by atoms with Gasteiger partial charge in [0.15, 0.2) is 0 Å². The van der Waals surface area contributed by atoms with Gasteiger partial charge in [-0.3, -0.25) is 11.3 Å². The molecular weight excluding hydrogens is 216 g/mol. The number of benzene rings is 1.